The summed E-state index contributed by atoms with van der Waals surface area (Å²) in [6.07, 6.45) is 1.57. The van der Waals surface area contributed by atoms with E-state index < -0.39 is 17.2 Å². The number of rotatable bonds is 4. The molecule has 0 radical (unpaired) electrons. The number of nitrogens with one attached hydrogen (secondary N) is 1. The van der Waals surface area contributed by atoms with Gasteiger partial charge in [0, 0.05) is 5.39 Å². The maximum absolute atomic E-state index is 14.4. The average molecular weight is 353 g/mol. The molecule has 0 atom stereocenters. The summed E-state index contributed by atoms with van der Waals surface area (Å²) in [6.45, 7) is 0. The Kier molecular flexibility index (Phi) is 4.11. The van der Waals surface area contributed by atoms with Crippen molar-refractivity contribution in [1.82, 2.24) is 9.97 Å². The molecule has 3 rings (SSSR count). The van der Waals surface area contributed by atoms with Gasteiger partial charge in [0.2, 0.25) is 0 Å². The van der Waals surface area contributed by atoms with Crippen LogP contribution >= 0.6 is 11.6 Å². The van der Waals surface area contributed by atoms with E-state index in [1.54, 1.807) is 12.1 Å². The summed E-state index contributed by atoms with van der Waals surface area (Å²) >= 11 is 5.85. The summed E-state index contributed by atoms with van der Waals surface area (Å²) in [5, 5.41) is 0.968. The molecule has 124 valence electrons. The van der Waals surface area contributed by atoms with Gasteiger partial charge in [-0.1, -0.05) is 11.6 Å². The lowest BCUT2D eigenvalue weighted by atomic mass is 10.0. The highest BCUT2D eigenvalue weighted by molar-refractivity contribution is 6.30. The first kappa shape index (κ1) is 16.2. The van der Waals surface area contributed by atoms with Crippen molar-refractivity contribution in [1.29, 1.82) is 0 Å². The Balaban J connectivity index is 2.38. The van der Waals surface area contributed by atoms with Gasteiger partial charge in [0.15, 0.2) is 29.4 Å². The van der Waals surface area contributed by atoms with Crippen LogP contribution < -0.4 is 9.47 Å². The zero-order chi connectivity index (χ0) is 17.4. The smallest absolute Gasteiger partial charge is 0.179 e. The molecule has 0 fully saturated rings. The first-order chi connectivity index (χ1) is 11.5. The largest absolute Gasteiger partial charge is 0.493 e. The molecule has 0 saturated carbocycles. The number of aromatic nitrogens is 2. The van der Waals surface area contributed by atoms with Crippen molar-refractivity contribution in [3.8, 4) is 22.8 Å². The molecular formula is C16H11ClF2N2O3. The van der Waals surface area contributed by atoms with Crippen molar-refractivity contribution in [3.63, 3.8) is 0 Å². The van der Waals surface area contributed by atoms with Gasteiger partial charge < -0.3 is 14.5 Å². The van der Waals surface area contributed by atoms with Crippen molar-refractivity contribution in [3.05, 3.63) is 40.7 Å². The lowest BCUT2D eigenvalue weighted by Gasteiger charge is -2.15. The highest BCUT2D eigenvalue weighted by Gasteiger charge is 2.28. The molecular weight excluding hydrogens is 342 g/mol. The van der Waals surface area contributed by atoms with Gasteiger partial charge in [-0.2, -0.15) is 0 Å². The third-order valence-electron chi connectivity index (χ3n) is 3.59. The van der Waals surface area contributed by atoms with Crippen LogP contribution in [0.5, 0.6) is 11.5 Å². The standard InChI is InChI=1S/C16H11ClF2N2O3/c1-23-15-12(16(24-2)14(19)8(6-22)13(15)18)9-3-7-4-11(17)20-5-10(7)21-9/h3-6,21H,1-2H3. The lowest BCUT2D eigenvalue weighted by molar-refractivity contribution is 0.111. The van der Waals surface area contributed by atoms with E-state index in [4.69, 9.17) is 21.1 Å². The van der Waals surface area contributed by atoms with Crippen LogP contribution in [-0.2, 0) is 0 Å². The molecule has 8 heteroatoms. The van der Waals surface area contributed by atoms with Crippen molar-refractivity contribution in [2.75, 3.05) is 14.2 Å². The van der Waals surface area contributed by atoms with E-state index in [-0.39, 0.29) is 28.5 Å². The molecule has 5 nitrogen and oxygen atoms in total. The molecule has 2 aromatic heterocycles. The molecule has 0 spiro atoms. The fourth-order valence-corrected chi connectivity index (χ4v) is 2.70. The van der Waals surface area contributed by atoms with Crippen LogP contribution in [-0.4, -0.2) is 30.5 Å². The maximum atomic E-state index is 14.4. The number of aromatic amines is 1. The van der Waals surface area contributed by atoms with E-state index in [0.29, 0.717) is 16.6 Å². The van der Waals surface area contributed by atoms with E-state index in [1.807, 2.05) is 0 Å². The van der Waals surface area contributed by atoms with E-state index >= 15 is 0 Å². The molecule has 0 aliphatic heterocycles. The van der Waals surface area contributed by atoms with Crippen LogP contribution in [0.4, 0.5) is 8.78 Å². The minimum absolute atomic E-state index is 0.0212. The van der Waals surface area contributed by atoms with Gasteiger partial charge in [-0.25, -0.2) is 13.8 Å². The van der Waals surface area contributed by atoms with Gasteiger partial charge in [0.05, 0.1) is 42.8 Å². The van der Waals surface area contributed by atoms with Crippen molar-refractivity contribution in [2.24, 2.45) is 0 Å². The minimum atomic E-state index is -1.10. The van der Waals surface area contributed by atoms with Crippen LogP contribution in [0.2, 0.25) is 5.15 Å². The Morgan fingerprint density at radius 3 is 2.33 bits per heavy atom. The van der Waals surface area contributed by atoms with E-state index in [2.05, 4.69) is 9.97 Å². The number of aldehydes is 1. The van der Waals surface area contributed by atoms with Gasteiger partial charge in [-0.05, 0) is 12.1 Å². The number of ether oxygens (including phenoxy) is 2. The monoisotopic (exact) mass is 352 g/mol. The first-order valence-electron chi connectivity index (χ1n) is 6.74. The molecule has 1 N–H and O–H groups in total. The number of hydrogen-bond donors (Lipinski definition) is 1. The van der Waals surface area contributed by atoms with Crippen LogP contribution in [0.25, 0.3) is 22.2 Å². The number of pyridine rings is 1. The van der Waals surface area contributed by atoms with Crippen molar-refractivity contribution < 1.29 is 23.0 Å². The third kappa shape index (κ3) is 2.37. The molecule has 3 aromatic rings. The molecule has 1 aromatic carbocycles. The number of carbonyl (C=O) groups is 1. The summed E-state index contributed by atoms with van der Waals surface area (Å²) in [5.41, 5.74) is 0.206. The molecule has 0 aliphatic rings. The molecule has 24 heavy (non-hydrogen) atoms. The summed E-state index contributed by atoms with van der Waals surface area (Å²) < 4.78 is 38.9. The number of halogens is 3. The second kappa shape index (κ2) is 6.09. The molecule has 2 heterocycles. The van der Waals surface area contributed by atoms with Crippen LogP contribution in [0.3, 0.4) is 0 Å². The highest BCUT2D eigenvalue weighted by atomic mass is 35.5. The zero-order valence-electron chi connectivity index (χ0n) is 12.6. The average Bonchev–Trinajstić information content (AvgIpc) is 2.97. The number of nitrogens with zero attached hydrogens (tertiary/aromatic N) is 1. The minimum Gasteiger partial charge on any atom is -0.493 e. The SMILES string of the molecule is COc1c(F)c(C=O)c(F)c(OC)c1-c1cc2cc(Cl)ncc2[nH]1. The topological polar surface area (TPSA) is 64.2 Å². The van der Waals surface area contributed by atoms with E-state index in [1.165, 1.54) is 20.4 Å². The number of benzene rings is 1. The normalized spacial score (nSPS) is 10.9. The van der Waals surface area contributed by atoms with Crippen molar-refractivity contribution in [2.45, 2.75) is 0 Å². The summed E-state index contributed by atoms with van der Waals surface area (Å²) in [7, 11) is 2.43. The quantitative estimate of drug-likeness (QED) is 0.569. The number of hydrogen-bond acceptors (Lipinski definition) is 4. The third-order valence-corrected chi connectivity index (χ3v) is 3.80. The summed E-state index contributed by atoms with van der Waals surface area (Å²) in [4.78, 5) is 17.9. The predicted molar refractivity (Wildman–Crippen MR) is 84.9 cm³/mol. The van der Waals surface area contributed by atoms with Gasteiger partial charge in [-0.3, -0.25) is 4.79 Å². The van der Waals surface area contributed by atoms with Gasteiger partial charge in [-0.15, -0.1) is 0 Å². The molecule has 0 saturated heterocycles. The molecule has 0 bridgehead atoms. The summed E-state index contributed by atoms with van der Waals surface area (Å²) in [6, 6.07) is 3.23. The first-order valence-corrected chi connectivity index (χ1v) is 7.12. The number of methoxy groups -OCH3 is 2. The number of carbonyl (C=O) groups excluding carboxylic acids is 1. The van der Waals surface area contributed by atoms with Crippen LogP contribution in [0, 0.1) is 11.6 Å². The van der Waals surface area contributed by atoms with Gasteiger partial charge >= 0.3 is 0 Å². The number of H-pyrrole nitrogens is 1. The maximum Gasteiger partial charge on any atom is 0.179 e. The molecule has 0 aliphatic carbocycles. The Morgan fingerprint density at radius 2 is 1.79 bits per heavy atom. The second-order valence-electron chi connectivity index (χ2n) is 4.88. The Labute approximate surface area is 140 Å². The zero-order valence-corrected chi connectivity index (χ0v) is 13.4. The lowest BCUT2D eigenvalue weighted by Crippen LogP contribution is -2.04. The van der Waals surface area contributed by atoms with Crippen LogP contribution in [0.15, 0.2) is 18.3 Å². The van der Waals surface area contributed by atoms with Gasteiger partial charge in [0.1, 0.15) is 5.15 Å². The molecule has 0 unspecified atom stereocenters. The van der Waals surface area contributed by atoms with Crippen LogP contribution in [0.1, 0.15) is 10.4 Å². The van der Waals surface area contributed by atoms with Crippen molar-refractivity contribution >= 4 is 28.8 Å². The second-order valence-corrected chi connectivity index (χ2v) is 5.27. The highest BCUT2D eigenvalue weighted by Crippen LogP contribution is 2.44. The fraction of sp³-hybridized carbons (Fsp3) is 0.125. The predicted octanol–water partition coefficient (Wildman–Crippen LogP) is 3.99. The Hall–Kier alpha value is -2.67. The van der Waals surface area contributed by atoms with E-state index in [0.717, 1.165) is 0 Å². The Morgan fingerprint density at radius 1 is 1.17 bits per heavy atom. The molecule has 0 amide bonds. The number of fused-ring (bicyclic) bond motifs is 1. The Bertz CT molecular complexity index is 925. The fourth-order valence-electron chi connectivity index (χ4n) is 2.53. The van der Waals surface area contributed by atoms with E-state index in [9.17, 15) is 13.6 Å². The summed E-state index contributed by atoms with van der Waals surface area (Å²) in [5.74, 6) is -2.81. The van der Waals surface area contributed by atoms with Gasteiger partial charge in [0.25, 0.3) is 0 Å².